The minimum absolute atomic E-state index is 0.0406. The number of nitrogens with two attached hydrogens (primary N) is 1. The van der Waals surface area contributed by atoms with E-state index >= 15 is 0 Å². The summed E-state index contributed by atoms with van der Waals surface area (Å²) in [5, 5.41) is 0. The number of rotatable bonds is 4. The molecule has 2 aromatic heterocycles. The number of hydrogen-bond donors (Lipinski definition) is 3. The first kappa shape index (κ1) is 9.88. The van der Waals surface area contributed by atoms with Gasteiger partial charge in [-0.3, -0.25) is 5.84 Å². The molecule has 4 N–H and O–H groups in total. The molecule has 1 unspecified atom stereocenters. The molecule has 0 spiro atoms. The second-order valence-electron chi connectivity index (χ2n) is 3.35. The van der Waals surface area contributed by atoms with Crippen LogP contribution in [0.5, 0.6) is 0 Å². The molecular formula is C9H14N6. The Morgan fingerprint density at radius 3 is 2.93 bits per heavy atom. The van der Waals surface area contributed by atoms with Gasteiger partial charge in [-0.25, -0.2) is 15.4 Å². The molecule has 0 radical (unpaired) electrons. The van der Waals surface area contributed by atoms with Crippen LogP contribution in [0, 0.1) is 0 Å². The Kier molecular flexibility index (Phi) is 2.79. The van der Waals surface area contributed by atoms with Crippen LogP contribution in [0.3, 0.4) is 0 Å². The van der Waals surface area contributed by atoms with Gasteiger partial charge in [0.15, 0.2) is 0 Å². The third-order valence-corrected chi connectivity index (χ3v) is 2.36. The van der Waals surface area contributed by atoms with E-state index in [-0.39, 0.29) is 6.04 Å². The summed E-state index contributed by atoms with van der Waals surface area (Å²) in [5.74, 6) is 7.27. The van der Waals surface area contributed by atoms with Crippen LogP contribution in [0.25, 0.3) is 0 Å². The van der Waals surface area contributed by atoms with E-state index in [1.165, 1.54) is 0 Å². The zero-order chi connectivity index (χ0) is 10.7. The van der Waals surface area contributed by atoms with Crippen LogP contribution in [0.15, 0.2) is 24.8 Å². The third-order valence-electron chi connectivity index (χ3n) is 2.36. The van der Waals surface area contributed by atoms with Crippen LogP contribution >= 0.6 is 0 Å². The van der Waals surface area contributed by atoms with Gasteiger partial charge in [-0.15, -0.1) is 0 Å². The van der Waals surface area contributed by atoms with Crippen molar-refractivity contribution in [3.05, 3.63) is 36.4 Å². The van der Waals surface area contributed by atoms with Crippen molar-refractivity contribution in [3.63, 3.8) is 0 Å². The van der Waals surface area contributed by atoms with E-state index in [1.54, 1.807) is 18.6 Å². The maximum atomic E-state index is 5.48. The highest BCUT2D eigenvalue weighted by Crippen LogP contribution is 2.11. The van der Waals surface area contributed by atoms with E-state index in [0.29, 0.717) is 6.42 Å². The second-order valence-corrected chi connectivity index (χ2v) is 3.35. The average Bonchev–Trinajstić information content (AvgIpc) is 2.86. The van der Waals surface area contributed by atoms with E-state index in [0.717, 1.165) is 11.6 Å². The normalized spacial score (nSPS) is 12.9. The molecule has 0 fully saturated rings. The summed E-state index contributed by atoms with van der Waals surface area (Å²) in [6.45, 7) is 0. The third kappa shape index (κ3) is 2.05. The lowest BCUT2D eigenvalue weighted by molar-refractivity contribution is 0.508. The number of H-pyrrole nitrogens is 1. The molecule has 0 bridgehead atoms. The molecule has 2 heterocycles. The Labute approximate surface area is 87.5 Å². The highest BCUT2D eigenvalue weighted by atomic mass is 15.3. The Morgan fingerprint density at radius 1 is 1.53 bits per heavy atom. The van der Waals surface area contributed by atoms with Crippen molar-refractivity contribution in [1.29, 1.82) is 0 Å². The number of nitrogens with one attached hydrogen (secondary N) is 2. The molecule has 0 saturated heterocycles. The van der Waals surface area contributed by atoms with Gasteiger partial charge in [0, 0.05) is 38.3 Å². The quantitative estimate of drug-likeness (QED) is 0.481. The lowest BCUT2D eigenvalue weighted by Crippen LogP contribution is -2.31. The summed E-state index contributed by atoms with van der Waals surface area (Å²) >= 11 is 0. The molecule has 0 aromatic carbocycles. The Balaban J connectivity index is 2.13. The van der Waals surface area contributed by atoms with Crippen molar-refractivity contribution in [1.82, 2.24) is 24.9 Å². The minimum atomic E-state index is -0.0406. The van der Waals surface area contributed by atoms with E-state index < -0.39 is 0 Å². The lowest BCUT2D eigenvalue weighted by Gasteiger charge is -2.12. The van der Waals surface area contributed by atoms with Gasteiger partial charge >= 0.3 is 0 Å². The van der Waals surface area contributed by atoms with Crippen molar-refractivity contribution < 1.29 is 0 Å². The first-order valence-corrected chi connectivity index (χ1v) is 4.73. The fourth-order valence-corrected chi connectivity index (χ4v) is 1.48. The molecule has 80 valence electrons. The number of hydrogen-bond acceptors (Lipinski definition) is 4. The van der Waals surface area contributed by atoms with Gasteiger partial charge in [-0.2, -0.15) is 0 Å². The van der Waals surface area contributed by atoms with E-state index in [9.17, 15) is 0 Å². The fourth-order valence-electron chi connectivity index (χ4n) is 1.48. The summed E-state index contributed by atoms with van der Waals surface area (Å²) in [6, 6.07) is -0.0406. The Hall–Kier alpha value is -1.66. The first-order chi connectivity index (χ1) is 7.31. The number of aryl methyl sites for hydroxylation is 1. The molecule has 1 atom stereocenters. The number of aromatic nitrogens is 4. The summed E-state index contributed by atoms with van der Waals surface area (Å²) in [7, 11) is 1.96. The van der Waals surface area contributed by atoms with E-state index in [4.69, 9.17) is 5.84 Å². The molecule has 0 amide bonds. The van der Waals surface area contributed by atoms with Gasteiger partial charge in [-0.05, 0) is 0 Å². The van der Waals surface area contributed by atoms with Crippen LogP contribution in [-0.2, 0) is 13.5 Å². The van der Waals surface area contributed by atoms with Crippen LogP contribution in [0.1, 0.15) is 17.7 Å². The largest absolute Gasteiger partial charge is 0.347 e. The number of aromatic amines is 1. The van der Waals surface area contributed by atoms with Gasteiger partial charge in [0.2, 0.25) is 0 Å². The van der Waals surface area contributed by atoms with Crippen molar-refractivity contribution >= 4 is 0 Å². The molecule has 0 saturated carbocycles. The van der Waals surface area contributed by atoms with Crippen LogP contribution in [0.4, 0.5) is 0 Å². The zero-order valence-corrected chi connectivity index (χ0v) is 8.51. The highest BCUT2D eigenvalue weighted by Gasteiger charge is 2.14. The molecule has 0 aliphatic carbocycles. The summed E-state index contributed by atoms with van der Waals surface area (Å²) in [5.41, 5.74) is 2.72. The number of nitrogens with zero attached hydrogens (tertiary/aromatic N) is 3. The fraction of sp³-hybridized carbons (Fsp3) is 0.333. The van der Waals surface area contributed by atoms with Gasteiger partial charge in [0.25, 0.3) is 0 Å². The van der Waals surface area contributed by atoms with Crippen molar-refractivity contribution in [2.45, 2.75) is 12.5 Å². The van der Waals surface area contributed by atoms with Gasteiger partial charge in [-0.1, -0.05) is 0 Å². The second kappa shape index (κ2) is 4.24. The first-order valence-electron chi connectivity index (χ1n) is 4.73. The SMILES string of the molecule is Cn1ccnc1CC(NN)c1ncc[nH]1. The standard InChI is InChI=1S/C9H14N6/c1-15-5-4-11-8(15)6-7(14-10)9-12-2-3-13-9/h2-5,7,14H,6,10H2,1H3,(H,12,13). The van der Waals surface area contributed by atoms with Crippen molar-refractivity contribution in [2.75, 3.05) is 0 Å². The Bertz CT molecular complexity index is 404. The molecule has 2 rings (SSSR count). The predicted octanol–water partition coefficient (Wildman–Crippen LogP) is -0.110. The van der Waals surface area contributed by atoms with E-state index in [1.807, 2.05) is 17.8 Å². The monoisotopic (exact) mass is 206 g/mol. The molecule has 2 aromatic rings. The molecule has 0 aliphatic heterocycles. The summed E-state index contributed by atoms with van der Waals surface area (Å²) < 4.78 is 1.97. The van der Waals surface area contributed by atoms with Crippen molar-refractivity contribution in [2.24, 2.45) is 12.9 Å². The van der Waals surface area contributed by atoms with Crippen molar-refractivity contribution in [3.8, 4) is 0 Å². The predicted molar refractivity (Wildman–Crippen MR) is 55.6 cm³/mol. The summed E-state index contributed by atoms with van der Waals surface area (Å²) in [6.07, 6.45) is 7.86. The van der Waals surface area contributed by atoms with Gasteiger partial charge in [0.1, 0.15) is 11.6 Å². The number of hydrazine groups is 1. The maximum Gasteiger partial charge on any atom is 0.125 e. The lowest BCUT2D eigenvalue weighted by atomic mass is 10.2. The van der Waals surface area contributed by atoms with Gasteiger partial charge in [0.05, 0.1) is 6.04 Å². The average molecular weight is 206 g/mol. The topological polar surface area (TPSA) is 84.6 Å². The van der Waals surface area contributed by atoms with Crippen LogP contribution in [-0.4, -0.2) is 19.5 Å². The molecule has 15 heavy (non-hydrogen) atoms. The molecular weight excluding hydrogens is 192 g/mol. The molecule has 0 aliphatic rings. The smallest absolute Gasteiger partial charge is 0.125 e. The zero-order valence-electron chi connectivity index (χ0n) is 8.51. The summed E-state index contributed by atoms with van der Waals surface area (Å²) in [4.78, 5) is 11.4. The highest BCUT2D eigenvalue weighted by molar-refractivity contribution is 5.02. The molecule has 6 heteroatoms. The van der Waals surface area contributed by atoms with Crippen LogP contribution in [0.2, 0.25) is 0 Å². The van der Waals surface area contributed by atoms with E-state index in [2.05, 4.69) is 20.4 Å². The van der Waals surface area contributed by atoms with Gasteiger partial charge < -0.3 is 9.55 Å². The Morgan fingerprint density at radius 2 is 2.40 bits per heavy atom. The maximum absolute atomic E-state index is 5.48. The van der Waals surface area contributed by atoms with Crippen LogP contribution < -0.4 is 11.3 Å². The molecule has 6 nitrogen and oxygen atoms in total. The minimum Gasteiger partial charge on any atom is -0.347 e. The number of imidazole rings is 2.